The highest BCUT2D eigenvalue weighted by molar-refractivity contribution is 8.00. The van der Waals surface area contributed by atoms with Crippen LogP contribution in [0.4, 0.5) is 0 Å². The molecule has 1 heterocycles. The van der Waals surface area contributed by atoms with Gasteiger partial charge in [-0.05, 0) is 42.0 Å². The van der Waals surface area contributed by atoms with Gasteiger partial charge in [0.1, 0.15) is 5.75 Å². The highest BCUT2D eigenvalue weighted by Crippen LogP contribution is 2.25. The van der Waals surface area contributed by atoms with Gasteiger partial charge in [-0.15, -0.1) is 0 Å². The van der Waals surface area contributed by atoms with Gasteiger partial charge in [-0.25, -0.2) is 0 Å². The molecule has 0 aliphatic carbocycles. The number of fused-ring (bicyclic) bond motifs is 1. The van der Waals surface area contributed by atoms with E-state index in [0.29, 0.717) is 18.0 Å². The van der Waals surface area contributed by atoms with Crippen LogP contribution in [0, 0.1) is 0 Å². The molecule has 1 aromatic rings. The van der Waals surface area contributed by atoms with Gasteiger partial charge in [-0.1, -0.05) is 6.07 Å². The maximum Gasteiger partial charge on any atom is 0.230 e. The number of nitrogens with one attached hydrogen (secondary N) is 2. The fourth-order valence-electron chi connectivity index (χ4n) is 2.32. The number of amides is 1. The molecule has 0 spiro atoms. The lowest BCUT2D eigenvalue weighted by atomic mass is 9.94. The summed E-state index contributed by atoms with van der Waals surface area (Å²) in [4.78, 5) is 11.7. The van der Waals surface area contributed by atoms with Gasteiger partial charge in [0.05, 0.1) is 5.75 Å². The van der Waals surface area contributed by atoms with Gasteiger partial charge in [-0.2, -0.15) is 24.4 Å². The molecular formula is C14H20N2O2S2. The molecule has 0 unspecified atom stereocenters. The van der Waals surface area contributed by atoms with E-state index in [9.17, 15) is 9.90 Å². The average Bonchev–Trinajstić information content (AvgIpc) is 2.45. The van der Waals surface area contributed by atoms with E-state index in [4.69, 9.17) is 0 Å². The Bertz CT molecular complexity index is 468. The first-order chi connectivity index (χ1) is 9.70. The molecule has 0 fully saturated rings. The molecule has 6 heteroatoms. The number of benzene rings is 1. The standard InChI is InChI=1S/C14H20N2O2S2/c17-11-1-2-12-10(7-11)3-4-15-13(12)8-16-14(18)9-20-6-5-19/h1-2,7,13,15,17,19H,3-6,8-9H2,(H,16,18)/t13-/m0/s1. The minimum atomic E-state index is 0.0597. The topological polar surface area (TPSA) is 61.4 Å². The summed E-state index contributed by atoms with van der Waals surface area (Å²) in [6.07, 6.45) is 0.909. The van der Waals surface area contributed by atoms with Gasteiger partial charge < -0.3 is 15.7 Å². The van der Waals surface area contributed by atoms with Crippen molar-refractivity contribution in [1.29, 1.82) is 0 Å². The Morgan fingerprint density at radius 3 is 3.20 bits per heavy atom. The largest absolute Gasteiger partial charge is 0.508 e. The Kier molecular flexibility index (Phi) is 6.06. The van der Waals surface area contributed by atoms with Crippen LogP contribution in [0.15, 0.2) is 18.2 Å². The maximum absolute atomic E-state index is 11.7. The predicted molar refractivity (Wildman–Crippen MR) is 86.7 cm³/mol. The number of aromatic hydroxyl groups is 1. The second kappa shape index (κ2) is 7.81. The third-order valence-electron chi connectivity index (χ3n) is 3.26. The fraction of sp³-hybridized carbons (Fsp3) is 0.500. The maximum atomic E-state index is 11.7. The molecule has 0 bridgehead atoms. The van der Waals surface area contributed by atoms with E-state index in [1.807, 2.05) is 12.1 Å². The second-order valence-corrected chi connectivity index (χ2v) is 6.27. The van der Waals surface area contributed by atoms with Gasteiger partial charge in [0.15, 0.2) is 0 Å². The zero-order chi connectivity index (χ0) is 14.4. The number of phenolic OH excluding ortho intramolecular Hbond substituents is 1. The van der Waals surface area contributed by atoms with E-state index in [2.05, 4.69) is 23.3 Å². The van der Waals surface area contributed by atoms with E-state index >= 15 is 0 Å². The van der Waals surface area contributed by atoms with Gasteiger partial charge in [0.25, 0.3) is 0 Å². The first-order valence-electron chi connectivity index (χ1n) is 6.71. The van der Waals surface area contributed by atoms with Crippen LogP contribution in [0.5, 0.6) is 5.75 Å². The third kappa shape index (κ3) is 4.33. The van der Waals surface area contributed by atoms with E-state index < -0.39 is 0 Å². The van der Waals surface area contributed by atoms with E-state index in [0.717, 1.165) is 35.6 Å². The number of carbonyl (C=O) groups excluding carboxylic acids is 1. The first kappa shape index (κ1) is 15.5. The normalized spacial score (nSPS) is 17.6. The van der Waals surface area contributed by atoms with Crippen LogP contribution in [-0.2, 0) is 11.2 Å². The van der Waals surface area contributed by atoms with Crippen LogP contribution in [0.2, 0.25) is 0 Å². The smallest absolute Gasteiger partial charge is 0.230 e. The van der Waals surface area contributed by atoms with Crippen LogP contribution in [0.3, 0.4) is 0 Å². The van der Waals surface area contributed by atoms with Gasteiger partial charge >= 0.3 is 0 Å². The summed E-state index contributed by atoms with van der Waals surface area (Å²) in [5.74, 6) is 2.52. The summed E-state index contributed by atoms with van der Waals surface area (Å²) in [5.41, 5.74) is 2.32. The number of rotatable bonds is 6. The van der Waals surface area contributed by atoms with Crippen molar-refractivity contribution in [2.45, 2.75) is 12.5 Å². The highest BCUT2D eigenvalue weighted by Gasteiger charge is 2.20. The molecule has 1 atom stereocenters. The summed E-state index contributed by atoms with van der Waals surface area (Å²) in [5, 5.41) is 15.9. The monoisotopic (exact) mass is 312 g/mol. The van der Waals surface area contributed by atoms with Crippen molar-refractivity contribution in [3.63, 3.8) is 0 Å². The summed E-state index contributed by atoms with van der Waals surface area (Å²) in [6.45, 7) is 1.45. The summed E-state index contributed by atoms with van der Waals surface area (Å²) < 4.78 is 0. The molecule has 1 aliphatic rings. The zero-order valence-corrected chi connectivity index (χ0v) is 13.0. The predicted octanol–water partition coefficient (Wildman–Crippen LogP) is 1.36. The second-order valence-electron chi connectivity index (χ2n) is 4.72. The molecule has 110 valence electrons. The summed E-state index contributed by atoms with van der Waals surface area (Å²) in [6, 6.07) is 5.57. The van der Waals surface area contributed by atoms with E-state index in [1.165, 1.54) is 0 Å². The average molecular weight is 312 g/mol. The molecule has 4 nitrogen and oxygen atoms in total. The number of hydrogen-bond acceptors (Lipinski definition) is 5. The molecule has 1 aromatic carbocycles. The number of phenols is 1. The molecule has 0 saturated heterocycles. The molecular weight excluding hydrogens is 292 g/mol. The fourth-order valence-corrected chi connectivity index (χ4v) is 3.27. The Balaban J connectivity index is 1.87. The lowest BCUT2D eigenvalue weighted by Gasteiger charge is -2.27. The van der Waals surface area contributed by atoms with Crippen molar-refractivity contribution >= 4 is 30.3 Å². The first-order valence-corrected chi connectivity index (χ1v) is 8.50. The van der Waals surface area contributed by atoms with Crippen molar-refractivity contribution in [1.82, 2.24) is 10.6 Å². The van der Waals surface area contributed by atoms with Crippen molar-refractivity contribution < 1.29 is 9.90 Å². The van der Waals surface area contributed by atoms with Crippen molar-refractivity contribution in [3.05, 3.63) is 29.3 Å². The van der Waals surface area contributed by atoms with Gasteiger partial charge in [0.2, 0.25) is 5.91 Å². The Morgan fingerprint density at radius 2 is 2.40 bits per heavy atom. The van der Waals surface area contributed by atoms with E-state index in [1.54, 1.807) is 17.8 Å². The Morgan fingerprint density at radius 1 is 1.55 bits per heavy atom. The molecule has 3 N–H and O–H groups in total. The number of carbonyl (C=O) groups is 1. The number of thioether (sulfide) groups is 1. The third-order valence-corrected chi connectivity index (χ3v) is 4.74. The van der Waals surface area contributed by atoms with Crippen molar-refractivity contribution in [2.24, 2.45) is 0 Å². The van der Waals surface area contributed by atoms with Crippen LogP contribution < -0.4 is 10.6 Å². The van der Waals surface area contributed by atoms with Crippen molar-refractivity contribution in [3.8, 4) is 5.75 Å². The molecule has 0 saturated carbocycles. The minimum Gasteiger partial charge on any atom is -0.508 e. The van der Waals surface area contributed by atoms with Crippen LogP contribution in [0.25, 0.3) is 0 Å². The lowest BCUT2D eigenvalue weighted by Crippen LogP contribution is -2.39. The number of hydrogen-bond donors (Lipinski definition) is 4. The van der Waals surface area contributed by atoms with E-state index in [-0.39, 0.29) is 11.9 Å². The van der Waals surface area contributed by atoms with Gasteiger partial charge in [0, 0.05) is 18.3 Å². The Hall–Kier alpha value is -0.850. The molecule has 0 radical (unpaired) electrons. The van der Waals surface area contributed by atoms with Crippen LogP contribution >= 0.6 is 24.4 Å². The molecule has 1 aliphatic heterocycles. The van der Waals surface area contributed by atoms with Crippen LogP contribution in [-0.4, -0.2) is 41.4 Å². The quantitative estimate of drug-likeness (QED) is 0.473. The zero-order valence-electron chi connectivity index (χ0n) is 11.3. The minimum absolute atomic E-state index is 0.0597. The highest BCUT2D eigenvalue weighted by atomic mass is 32.2. The summed E-state index contributed by atoms with van der Waals surface area (Å²) in [7, 11) is 0. The molecule has 20 heavy (non-hydrogen) atoms. The molecule has 0 aromatic heterocycles. The summed E-state index contributed by atoms with van der Waals surface area (Å²) >= 11 is 5.71. The number of thiol groups is 1. The Labute approximate surface area is 129 Å². The van der Waals surface area contributed by atoms with Crippen molar-refractivity contribution in [2.75, 3.05) is 30.3 Å². The molecule has 2 rings (SSSR count). The SMILES string of the molecule is O=C(CSCCS)NC[C@@H]1NCCc2cc(O)ccc21. The van der Waals surface area contributed by atoms with Crippen LogP contribution in [0.1, 0.15) is 17.2 Å². The lowest BCUT2D eigenvalue weighted by molar-refractivity contribution is -0.118. The molecule has 1 amide bonds. The van der Waals surface area contributed by atoms with Gasteiger partial charge in [-0.3, -0.25) is 4.79 Å².